The van der Waals surface area contributed by atoms with Crippen LogP contribution in [0.15, 0.2) is 90.6 Å². The Bertz CT molecular complexity index is 1420. The van der Waals surface area contributed by atoms with E-state index in [1.165, 1.54) is 4.88 Å². The molecule has 2 aromatic heterocycles. The number of nitrogens with zero attached hydrogens (tertiary/aromatic N) is 1. The average Bonchev–Trinajstić information content (AvgIpc) is 3.42. The van der Waals surface area contributed by atoms with Gasteiger partial charge in [-0.1, -0.05) is 68.9 Å². The summed E-state index contributed by atoms with van der Waals surface area (Å²) in [7, 11) is 0. The van der Waals surface area contributed by atoms with Gasteiger partial charge in [-0.15, -0.1) is 11.3 Å². The zero-order valence-electron chi connectivity index (χ0n) is 21.1. The third-order valence-electron chi connectivity index (χ3n) is 6.67. The van der Waals surface area contributed by atoms with Crippen LogP contribution in [0.1, 0.15) is 53.8 Å². The molecule has 0 radical (unpaired) electrons. The Kier molecular flexibility index (Phi) is 7.75. The predicted molar refractivity (Wildman–Crippen MR) is 158 cm³/mol. The number of hydrogen-bond donors (Lipinski definition) is 1. The molecule has 190 valence electrons. The maximum atomic E-state index is 13.5. The van der Waals surface area contributed by atoms with Crippen LogP contribution in [-0.4, -0.2) is 12.1 Å². The molecule has 0 saturated carbocycles. The molecule has 0 spiro atoms. The van der Waals surface area contributed by atoms with Gasteiger partial charge in [0.2, 0.25) is 0 Å². The summed E-state index contributed by atoms with van der Waals surface area (Å²) < 4.78 is 6.95. The van der Waals surface area contributed by atoms with Gasteiger partial charge in [0.25, 0.3) is 5.91 Å². The van der Waals surface area contributed by atoms with Crippen LogP contribution in [0.3, 0.4) is 0 Å². The van der Waals surface area contributed by atoms with E-state index in [4.69, 9.17) is 9.41 Å². The maximum absolute atomic E-state index is 13.5. The molecule has 1 N–H and O–H groups in total. The van der Waals surface area contributed by atoms with Gasteiger partial charge >= 0.3 is 0 Å². The van der Waals surface area contributed by atoms with Gasteiger partial charge in [0.1, 0.15) is 10.8 Å². The number of para-hydroxylation sites is 1. The first kappa shape index (κ1) is 26.0. The normalized spacial score (nSPS) is 15.6. The second kappa shape index (κ2) is 11.0. The van der Waals surface area contributed by atoms with Gasteiger partial charge in [-0.25, -0.2) is 4.99 Å². The number of aliphatic imine (C=N–C) groups is 1. The fraction of sp³-hybridized carbons (Fsp3) is 0.267. The summed E-state index contributed by atoms with van der Waals surface area (Å²) in [5.41, 5.74) is 2.84. The molecule has 1 aliphatic rings. The largest absolute Gasteiger partial charge is 0.447 e. The number of amides is 1. The molecule has 4 aromatic rings. The highest BCUT2D eigenvalue weighted by Gasteiger charge is 2.33. The second-order valence-corrected chi connectivity index (χ2v) is 13.3. The Morgan fingerprint density at radius 1 is 1.14 bits per heavy atom. The SMILES string of the molecule is CC(C)(C)[C@H]1CCc2c(sc(N=Cc3cc(Br)c(Sc4ccccc4)o3)c2C(=O)Nc2ccccc2)C1. The zero-order valence-corrected chi connectivity index (χ0v) is 24.3. The number of carbonyl (C=O) groups is 1. The molecule has 0 unspecified atom stereocenters. The summed E-state index contributed by atoms with van der Waals surface area (Å²) in [6.45, 7) is 6.91. The Morgan fingerprint density at radius 2 is 1.84 bits per heavy atom. The third kappa shape index (κ3) is 6.11. The van der Waals surface area contributed by atoms with Crippen LogP contribution in [0.2, 0.25) is 0 Å². The van der Waals surface area contributed by atoms with E-state index in [0.717, 1.165) is 50.0 Å². The molecule has 2 aromatic carbocycles. The second-order valence-electron chi connectivity index (χ2n) is 10.3. The van der Waals surface area contributed by atoms with Gasteiger partial charge in [-0.3, -0.25) is 4.79 Å². The first-order chi connectivity index (χ1) is 17.8. The van der Waals surface area contributed by atoms with Crippen LogP contribution in [0.25, 0.3) is 0 Å². The molecule has 0 aliphatic heterocycles. The molecule has 1 aliphatic carbocycles. The lowest BCUT2D eigenvalue weighted by Gasteiger charge is -2.33. The first-order valence-corrected chi connectivity index (χ1v) is 14.8. The Balaban J connectivity index is 1.45. The number of rotatable bonds is 6. The van der Waals surface area contributed by atoms with E-state index in [1.54, 1.807) is 29.3 Å². The van der Waals surface area contributed by atoms with Crippen molar-refractivity contribution < 1.29 is 9.21 Å². The fourth-order valence-corrected chi connectivity index (χ4v) is 7.19. The van der Waals surface area contributed by atoms with E-state index in [1.807, 2.05) is 66.7 Å². The number of fused-ring (bicyclic) bond motifs is 1. The number of halogens is 1. The summed E-state index contributed by atoms with van der Waals surface area (Å²) in [6, 6.07) is 21.6. The van der Waals surface area contributed by atoms with Gasteiger partial charge in [0, 0.05) is 21.5 Å². The van der Waals surface area contributed by atoms with Crippen LogP contribution >= 0.6 is 39.0 Å². The number of hydrogen-bond acceptors (Lipinski definition) is 5. The summed E-state index contributed by atoms with van der Waals surface area (Å²) in [4.78, 5) is 20.7. The van der Waals surface area contributed by atoms with Crippen LogP contribution < -0.4 is 5.32 Å². The monoisotopic (exact) mass is 592 g/mol. The van der Waals surface area contributed by atoms with Crippen molar-refractivity contribution in [2.24, 2.45) is 16.3 Å². The van der Waals surface area contributed by atoms with Crippen LogP contribution in [0.4, 0.5) is 10.7 Å². The molecule has 0 fully saturated rings. The van der Waals surface area contributed by atoms with E-state index >= 15 is 0 Å². The van der Waals surface area contributed by atoms with Gasteiger partial charge in [-0.05, 0) is 76.4 Å². The summed E-state index contributed by atoms with van der Waals surface area (Å²) in [6.07, 6.45) is 4.67. The highest BCUT2D eigenvalue weighted by Crippen LogP contribution is 2.45. The number of benzene rings is 2. The van der Waals surface area contributed by atoms with E-state index in [2.05, 4.69) is 42.0 Å². The average molecular weight is 594 g/mol. The van der Waals surface area contributed by atoms with Crippen molar-refractivity contribution >= 4 is 61.8 Å². The quantitative estimate of drug-likeness (QED) is 0.227. The molecule has 37 heavy (non-hydrogen) atoms. The molecular formula is C30H29BrN2O2S2. The van der Waals surface area contributed by atoms with Gasteiger partial charge < -0.3 is 9.73 Å². The lowest BCUT2D eigenvalue weighted by molar-refractivity contribution is 0.102. The summed E-state index contributed by atoms with van der Waals surface area (Å²) in [5.74, 6) is 1.11. The van der Waals surface area contributed by atoms with Crippen LogP contribution in [-0.2, 0) is 12.8 Å². The predicted octanol–water partition coefficient (Wildman–Crippen LogP) is 9.41. The highest BCUT2D eigenvalue weighted by atomic mass is 79.9. The maximum Gasteiger partial charge on any atom is 0.259 e. The van der Waals surface area contributed by atoms with E-state index in [0.29, 0.717) is 17.2 Å². The third-order valence-corrected chi connectivity index (χ3v) is 9.68. The van der Waals surface area contributed by atoms with Crippen molar-refractivity contribution in [1.29, 1.82) is 0 Å². The van der Waals surface area contributed by atoms with Crippen molar-refractivity contribution in [3.05, 3.63) is 93.0 Å². The number of furan rings is 1. The van der Waals surface area contributed by atoms with Crippen LogP contribution in [0, 0.1) is 11.3 Å². The minimum Gasteiger partial charge on any atom is -0.447 e. The van der Waals surface area contributed by atoms with Gasteiger partial charge in [0.15, 0.2) is 5.09 Å². The fourth-order valence-electron chi connectivity index (χ4n) is 4.57. The summed E-state index contributed by atoms with van der Waals surface area (Å²) >= 11 is 6.80. The molecule has 4 nitrogen and oxygen atoms in total. The Morgan fingerprint density at radius 3 is 2.54 bits per heavy atom. The van der Waals surface area contributed by atoms with Crippen molar-refractivity contribution in [2.45, 2.75) is 50.0 Å². The number of anilines is 1. The van der Waals surface area contributed by atoms with Crippen molar-refractivity contribution in [2.75, 3.05) is 5.32 Å². The van der Waals surface area contributed by atoms with E-state index < -0.39 is 0 Å². The topological polar surface area (TPSA) is 54.6 Å². The number of carbonyl (C=O) groups excluding carboxylic acids is 1. The minimum atomic E-state index is -0.106. The Hall–Kier alpha value is -2.61. The van der Waals surface area contributed by atoms with E-state index in [-0.39, 0.29) is 11.3 Å². The number of thiophene rings is 1. The minimum absolute atomic E-state index is 0.106. The van der Waals surface area contributed by atoms with Crippen LogP contribution in [0.5, 0.6) is 0 Å². The molecule has 2 heterocycles. The number of nitrogens with one attached hydrogen (secondary N) is 1. The molecule has 7 heteroatoms. The molecule has 5 rings (SSSR count). The molecule has 1 amide bonds. The zero-order chi connectivity index (χ0) is 26.0. The highest BCUT2D eigenvalue weighted by molar-refractivity contribution is 9.10. The van der Waals surface area contributed by atoms with Gasteiger partial charge in [-0.2, -0.15) is 0 Å². The molecule has 0 saturated heterocycles. The molecular weight excluding hydrogens is 564 g/mol. The molecule has 1 atom stereocenters. The standard InChI is InChI=1S/C30H29BrN2O2S2/c1-30(2,3)19-14-15-23-25(16-19)37-28(26(23)27(34)33-20-10-6-4-7-11-20)32-18-21-17-24(31)29(35-21)36-22-12-8-5-9-13-22/h4-13,17-19H,14-16H2,1-3H3,(H,33,34)/t19-/m0/s1. The van der Waals surface area contributed by atoms with Crippen molar-refractivity contribution in [1.82, 2.24) is 0 Å². The molecule has 0 bridgehead atoms. The smallest absolute Gasteiger partial charge is 0.259 e. The summed E-state index contributed by atoms with van der Waals surface area (Å²) in [5, 5.41) is 4.58. The van der Waals surface area contributed by atoms with Crippen molar-refractivity contribution in [3.8, 4) is 0 Å². The van der Waals surface area contributed by atoms with Gasteiger partial charge in [0.05, 0.1) is 16.3 Å². The Labute approximate surface area is 234 Å². The van der Waals surface area contributed by atoms with Crippen molar-refractivity contribution in [3.63, 3.8) is 0 Å². The van der Waals surface area contributed by atoms with E-state index in [9.17, 15) is 4.79 Å². The lowest BCUT2D eigenvalue weighted by Crippen LogP contribution is -2.27. The lowest BCUT2D eigenvalue weighted by atomic mass is 9.72. The first-order valence-electron chi connectivity index (χ1n) is 12.3.